The van der Waals surface area contributed by atoms with E-state index in [0.717, 1.165) is 6.07 Å². The maximum atomic E-state index is 13.7. The zero-order valence-corrected chi connectivity index (χ0v) is 17.8. The van der Waals surface area contributed by atoms with Crippen molar-refractivity contribution in [2.45, 2.75) is 43.7 Å². The maximum Gasteiger partial charge on any atom is 0.346 e. The predicted octanol–water partition coefficient (Wildman–Crippen LogP) is 2.82. The van der Waals surface area contributed by atoms with E-state index in [1.54, 1.807) is 23.0 Å². The van der Waals surface area contributed by atoms with Crippen LogP contribution >= 0.6 is 0 Å². The van der Waals surface area contributed by atoms with Gasteiger partial charge in [0.2, 0.25) is 0 Å². The van der Waals surface area contributed by atoms with Crippen LogP contribution in [0.1, 0.15) is 60.0 Å². The van der Waals surface area contributed by atoms with Crippen LogP contribution in [-0.4, -0.2) is 34.1 Å². The first-order valence-electron chi connectivity index (χ1n) is 10.9. The van der Waals surface area contributed by atoms with Crippen molar-refractivity contribution in [1.29, 1.82) is 5.26 Å². The Morgan fingerprint density at radius 3 is 2.68 bits per heavy atom. The van der Waals surface area contributed by atoms with Gasteiger partial charge in [-0.05, 0) is 37.0 Å². The van der Waals surface area contributed by atoms with Gasteiger partial charge in [-0.1, -0.05) is 0 Å². The van der Waals surface area contributed by atoms with Gasteiger partial charge in [0.15, 0.2) is 5.82 Å². The van der Waals surface area contributed by atoms with E-state index in [2.05, 4.69) is 20.2 Å². The van der Waals surface area contributed by atoms with Crippen molar-refractivity contribution in [2.24, 2.45) is 0 Å². The molecule has 4 heterocycles. The van der Waals surface area contributed by atoms with Gasteiger partial charge in [-0.25, -0.2) is 32.9 Å². The molecule has 34 heavy (non-hydrogen) atoms. The lowest BCUT2D eigenvalue weighted by Crippen LogP contribution is -2.36. The molecular weight excluding hydrogens is 442 g/mol. The molecule has 6 rings (SSSR count). The molecule has 3 aromatic heterocycles. The highest BCUT2D eigenvalue weighted by atomic mass is 19.1. The number of rotatable bonds is 4. The first-order chi connectivity index (χ1) is 16.5. The molecule has 11 heteroatoms. The molecule has 1 aliphatic heterocycles. The van der Waals surface area contributed by atoms with Crippen molar-refractivity contribution < 1.29 is 8.78 Å². The fourth-order valence-corrected chi connectivity index (χ4v) is 4.83. The Labute approximate surface area is 191 Å². The molecule has 1 saturated carbocycles. The number of nitriles is 1. The third-order valence-electron chi connectivity index (χ3n) is 6.56. The van der Waals surface area contributed by atoms with Gasteiger partial charge in [0, 0.05) is 30.7 Å². The Morgan fingerprint density at radius 1 is 1.15 bits per heavy atom. The molecule has 1 atom stereocenters. The molecule has 0 N–H and O–H groups in total. The highest BCUT2D eigenvalue weighted by Gasteiger charge is 2.38. The topological polar surface area (TPSA) is 107 Å². The third kappa shape index (κ3) is 3.30. The second-order valence-electron chi connectivity index (χ2n) is 8.65. The van der Waals surface area contributed by atoms with Gasteiger partial charge in [-0.15, -0.1) is 0 Å². The van der Waals surface area contributed by atoms with Gasteiger partial charge in [-0.3, -0.25) is 4.57 Å². The summed E-state index contributed by atoms with van der Waals surface area (Å²) >= 11 is 0. The predicted molar refractivity (Wildman–Crippen MR) is 114 cm³/mol. The Morgan fingerprint density at radius 2 is 1.94 bits per heavy atom. The summed E-state index contributed by atoms with van der Waals surface area (Å²) in [7, 11) is 0. The molecule has 9 nitrogen and oxygen atoms in total. The van der Waals surface area contributed by atoms with Crippen LogP contribution in [0.4, 0.5) is 8.78 Å². The largest absolute Gasteiger partial charge is 0.346 e. The molecule has 0 saturated heterocycles. The molecule has 1 fully saturated rings. The van der Waals surface area contributed by atoms with Crippen molar-refractivity contribution in [1.82, 2.24) is 34.1 Å². The highest BCUT2D eigenvalue weighted by Crippen LogP contribution is 2.43. The number of halogens is 2. The van der Waals surface area contributed by atoms with Gasteiger partial charge in [-0.2, -0.15) is 15.5 Å². The van der Waals surface area contributed by atoms with E-state index in [4.69, 9.17) is 5.26 Å². The lowest BCUT2D eigenvalue weighted by molar-refractivity contribution is 0.229. The van der Waals surface area contributed by atoms with Crippen molar-refractivity contribution >= 4 is 0 Å². The smallest absolute Gasteiger partial charge is 0.271 e. The number of aromatic nitrogens is 7. The fourth-order valence-electron chi connectivity index (χ4n) is 4.83. The summed E-state index contributed by atoms with van der Waals surface area (Å²) in [6.07, 6.45) is 7.18. The third-order valence-corrected chi connectivity index (χ3v) is 6.56. The summed E-state index contributed by atoms with van der Waals surface area (Å²) in [5.41, 5.74) is 0.615. The fraction of sp³-hybridized carbons (Fsp3) is 0.304. The summed E-state index contributed by atoms with van der Waals surface area (Å²) in [5.74, 6) is 0.591. The normalized spacial score (nSPS) is 21.1. The first kappa shape index (κ1) is 20.4. The van der Waals surface area contributed by atoms with Crippen molar-refractivity contribution in [3.05, 3.63) is 87.8 Å². The van der Waals surface area contributed by atoms with Gasteiger partial charge in [0.1, 0.15) is 29.4 Å². The van der Waals surface area contributed by atoms with E-state index in [9.17, 15) is 13.6 Å². The first-order valence-corrected chi connectivity index (χ1v) is 10.9. The lowest BCUT2D eigenvalue weighted by atomic mass is 9.80. The van der Waals surface area contributed by atoms with Crippen LogP contribution < -0.4 is 5.69 Å². The summed E-state index contributed by atoms with van der Waals surface area (Å²) < 4.78 is 32.0. The highest BCUT2D eigenvalue weighted by molar-refractivity contribution is 5.29. The molecule has 1 aromatic carbocycles. The number of benzene rings is 1. The van der Waals surface area contributed by atoms with E-state index in [0.29, 0.717) is 54.3 Å². The zero-order valence-electron chi connectivity index (χ0n) is 17.8. The second-order valence-corrected chi connectivity index (χ2v) is 8.65. The molecule has 0 spiro atoms. The SMILES string of the molecule is N#Cc1cnn(-c2ccnc(C3CC(n4nc5n(c4=O)C(c4cc(F)cc(F)c4)CC5)C3)n2)c1. The summed E-state index contributed by atoms with van der Waals surface area (Å²) in [5, 5.41) is 17.7. The van der Waals surface area contributed by atoms with E-state index in [1.165, 1.54) is 27.7 Å². The van der Waals surface area contributed by atoms with Crippen molar-refractivity contribution in [2.75, 3.05) is 0 Å². The Hall–Kier alpha value is -4.20. The lowest BCUT2D eigenvalue weighted by Gasteiger charge is -2.33. The average Bonchev–Trinajstić information content (AvgIpc) is 3.50. The quantitative estimate of drug-likeness (QED) is 0.464. The molecule has 0 amide bonds. The van der Waals surface area contributed by atoms with Crippen LogP contribution in [0.3, 0.4) is 0 Å². The number of fused-ring (bicyclic) bond motifs is 1. The Kier molecular flexibility index (Phi) is 4.62. The average molecular weight is 460 g/mol. The molecule has 0 radical (unpaired) electrons. The van der Waals surface area contributed by atoms with Crippen LogP contribution in [0.15, 0.2) is 47.7 Å². The number of nitrogens with zero attached hydrogens (tertiary/aromatic N) is 8. The van der Waals surface area contributed by atoms with Gasteiger partial charge in [0.25, 0.3) is 0 Å². The van der Waals surface area contributed by atoms with Crippen LogP contribution in [0.2, 0.25) is 0 Å². The van der Waals surface area contributed by atoms with Crippen molar-refractivity contribution in [3.8, 4) is 11.9 Å². The number of aryl methyl sites for hydroxylation is 1. The van der Waals surface area contributed by atoms with Gasteiger partial charge >= 0.3 is 5.69 Å². The molecule has 4 aromatic rings. The minimum absolute atomic E-state index is 0.0625. The molecule has 1 aliphatic carbocycles. The summed E-state index contributed by atoms with van der Waals surface area (Å²) in [6.45, 7) is 0. The van der Waals surface area contributed by atoms with Crippen LogP contribution in [0, 0.1) is 23.0 Å². The zero-order chi connectivity index (χ0) is 23.4. The van der Waals surface area contributed by atoms with E-state index >= 15 is 0 Å². The standard InChI is InChI=1S/C23H18F2N8O/c24-16-5-14(6-17(25)9-16)19-1-2-21-30-33(23(34)32(19)21)18-7-15(8-18)22-27-4-3-20(29-22)31-12-13(10-26)11-28-31/h3-6,9,11-12,15,18-19H,1-2,7-8H2. The van der Waals surface area contributed by atoms with Gasteiger partial charge < -0.3 is 0 Å². The van der Waals surface area contributed by atoms with E-state index in [1.807, 2.05) is 6.07 Å². The molecule has 0 bridgehead atoms. The minimum Gasteiger partial charge on any atom is -0.271 e. The minimum atomic E-state index is -0.660. The van der Waals surface area contributed by atoms with Crippen LogP contribution in [0.5, 0.6) is 0 Å². The second kappa shape index (κ2) is 7.69. The molecule has 170 valence electrons. The molecule has 2 aliphatic rings. The summed E-state index contributed by atoms with van der Waals surface area (Å²) in [6, 6.07) is 6.60. The molecular formula is C23H18F2N8O. The van der Waals surface area contributed by atoms with E-state index in [-0.39, 0.29) is 17.6 Å². The van der Waals surface area contributed by atoms with Crippen LogP contribution in [0.25, 0.3) is 5.82 Å². The number of hydrogen-bond donors (Lipinski definition) is 0. The van der Waals surface area contributed by atoms with Crippen LogP contribution in [-0.2, 0) is 6.42 Å². The molecule has 1 unspecified atom stereocenters. The maximum absolute atomic E-state index is 13.7. The Balaban J connectivity index is 1.22. The van der Waals surface area contributed by atoms with Gasteiger partial charge in [0.05, 0.1) is 30.0 Å². The number of hydrogen-bond acceptors (Lipinski definition) is 6. The Bertz CT molecular complexity index is 1490. The van der Waals surface area contributed by atoms with Crippen molar-refractivity contribution in [3.63, 3.8) is 0 Å². The van der Waals surface area contributed by atoms with E-state index < -0.39 is 17.7 Å². The summed E-state index contributed by atoms with van der Waals surface area (Å²) in [4.78, 5) is 22.1. The monoisotopic (exact) mass is 460 g/mol.